The Morgan fingerprint density at radius 1 is 1.12 bits per heavy atom. The first-order valence-electron chi connectivity index (χ1n) is 8.14. The Morgan fingerprint density at radius 3 is 2.48 bits per heavy atom. The summed E-state index contributed by atoms with van der Waals surface area (Å²) in [5.41, 5.74) is 1.01. The highest BCUT2D eigenvalue weighted by Gasteiger charge is 2.11. The molecule has 0 saturated carbocycles. The summed E-state index contributed by atoms with van der Waals surface area (Å²) in [5.74, 6) is 1.13. The molecule has 0 spiro atoms. The molecular weight excluding hydrogens is 320 g/mol. The fourth-order valence-electron chi connectivity index (χ4n) is 2.07. The molecule has 138 valence electrons. The van der Waals surface area contributed by atoms with Crippen molar-refractivity contribution >= 4 is 12.0 Å². The zero-order chi connectivity index (χ0) is 18.7. The number of likely N-dealkylation sites (N-methyl/N-ethyl adjacent to an activating group) is 1. The number of rotatable bonds is 11. The maximum absolute atomic E-state index is 9.29. The van der Waals surface area contributed by atoms with Crippen LogP contribution in [0.25, 0.3) is 0 Å². The van der Waals surface area contributed by atoms with E-state index in [0.717, 1.165) is 19.5 Å². The second-order valence-corrected chi connectivity index (χ2v) is 5.84. The van der Waals surface area contributed by atoms with E-state index in [1.807, 2.05) is 19.0 Å². The zero-order valence-corrected chi connectivity index (χ0v) is 15.8. The van der Waals surface area contributed by atoms with E-state index in [2.05, 4.69) is 23.0 Å². The van der Waals surface area contributed by atoms with Crippen LogP contribution in [0.2, 0.25) is 0 Å². The number of nitrogens with zero attached hydrogens (tertiary/aromatic N) is 4. The van der Waals surface area contributed by atoms with E-state index in [4.69, 9.17) is 14.2 Å². The summed E-state index contributed by atoms with van der Waals surface area (Å²) in [4.78, 5) is 8.32. The van der Waals surface area contributed by atoms with Gasteiger partial charge >= 0.3 is 0 Å². The molecule has 0 heterocycles. The summed E-state index contributed by atoms with van der Waals surface area (Å²) in [5, 5.41) is 9.29. The Labute approximate surface area is 150 Å². The topological polar surface area (TPSA) is 70.3 Å². The normalized spacial score (nSPS) is 10.9. The van der Waals surface area contributed by atoms with Crippen molar-refractivity contribution in [1.29, 1.82) is 5.26 Å². The Morgan fingerprint density at radius 2 is 1.88 bits per heavy atom. The molecule has 0 aromatic heterocycles. The van der Waals surface area contributed by atoms with Gasteiger partial charge in [-0.3, -0.25) is 0 Å². The standard InChI is InChI=1S/C18H28N4O3/c1-21(2)14-20-16-12-18(17(24-5)11-15(16)13-19)25-9-6-7-22(3)8-10-23-4/h11-12,14H,6-10H2,1-5H3. The van der Waals surface area contributed by atoms with E-state index in [-0.39, 0.29) is 0 Å². The molecule has 0 amide bonds. The van der Waals surface area contributed by atoms with Gasteiger partial charge in [0.1, 0.15) is 6.07 Å². The van der Waals surface area contributed by atoms with Gasteiger partial charge in [0.15, 0.2) is 11.5 Å². The van der Waals surface area contributed by atoms with E-state index >= 15 is 0 Å². The quantitative estimate of drug-likeness (QED) is 0.347. The van der Waals surface area contributed by atoms with Crippen LogP contribution in [-0.2, 0) is 4.74 Å². The van der Waals surface area contributed by atoms with Crippen molar-refractivity contribution < 1.29 is 14.2 Å². The number of ether oxygens (including phenoxy) is 3. The van der Waals surface area contributed by atoms with E-state index in [0.29, 0.717) is 36.0 Å². The average molecular weight is 348 g/mol. The van der Waals surface area contributed by atoms with E-state index < -0.39 is 0 Å². The lowest BCUT2D eigenvalue weighted by Gasteiger charge is -2.17. The third-order valence-corrected chi connectivity index (χ3v) is 3.45. The highest BCUT2D eigenvalue weighted by atomic mass is 16.5. The SMILES string of the molecule is COCCN(C)CCCOc1cc(N=CN(C)C)c(C#N)cc1OC. The van der Waals surface area contributed by atoms with Crippen LogP contribution in [0, 0.1) is 11.3 Å². The van der Waals surface area contributed by atoms with E-state index in [9.17, 15) is 5.26 Å². The number of benzene rings is 1. The van der Waals surface area contributed by atoms with Crippen molar-refractivity contribution in [3.05, 3.63) is 17.7 Å². The molecule has 1 rings (SSSR count). The average Bonchev–Trinajstić information content (AvgIpc) is 2.61. The molecule has 1 aromatic rings. The molecular formula is C18H28N4O3. The molecule has 0 saturated heterocycles. The summed E-state index contributed by atoms with van der Waals surface area (Å²) in [7, 11) is 9.05. The summed E-state index contributed by atoms with van der Waals surface area (Å²) in [6.45, 7) is 3.07. The minimum atomic E-state index is 0.446. The third kappa shape index (κ3) is 7.42. The predicted octanol–water partition coefficient (Wildman–Crippen LogP) is 2.14. The van der Waals surface area contributed by atoms with Gasteiger partial charge in [0.2, 0.25) is 0 Å². The Bertz CT molecular complexity index is 597. The van der Waals surface area contributed by atoms with Gasteiger partial charge in [-0.2, -0.15) is 5.26 Å². The molecule has 1 aromatic carbocycles. The van der Waals surface area contributed by atoms with Crippen LogP contribution in [0.15, 0.2) is 17.1 Å². The van der Waals surface area contributed by atoms with Crippen molar-refractivity contribution in [2.45, 2.75) is 6.42 Å². The highest BCUT2D eigenvalue weighted by Crippen LogP contribution is 2.34. The smallest absolute Gasteiger partial charge is 0.163 e. The van der Waals surface area contributed by atoms with Gasteiger partial charge in [0.25, 0.3) is 0 Å². The monoisotopic (exact) mass is 348 g/mol. The molecule has 0 aliphatic rings. The Balaban J connectivity index is 2.74. The van der Waals surface area contributed by atoms with Crippen LogP contribution in [0.3, 0.4) is 0 Å². The maximum Gasteiger partial charge on any atom is 0.163 e. The molecule has 25 heavy (non-hydrogen) atoms. The largest absolute Gasteiger partial charge is 0.493 e. The zero-order valence-electron chi connectivity index (χ0n) is 15.8. The maximum atomic E-state index is 9.29. The fraction of sp³-hybridized carbons (Fsp3) is 0.556. The van der Waals surface area contributed by atoms with Crippen LogP contribution in [-0.4, -0.2) is 77.8 Å². The molecule has 0 N–H and O–H groups in total. The highest BCUT2D eigenvalue weighted by molar-refractivity contribution is 5.68. The van der Waals surface area contributed by atoms with Crippen molar-refractivity contribution in [3.63, 3.8) is 0 Å². The van der Waals surface area contributed by atoms with Crippen LogP contribution in [0.4, 0.5) is 5.69 Å². The van der Waals surface area contributed by atoms with Gasteiger partial charge < -0.3 is 24.0 Å². The summed E-state index contributed by atoms with van der Waals surface area (Å²) in [6, 6.07) is 5.53. The molecule has 0 unspecified atom stereocenters. The lowest BCUT2D eigenvalue weighted by atomic mass is 10.1. The second-order valence-electron chi connectivity index (χ2n) is 5.84. The molecule has 7 nitrogen and oxygen atoms in total. The molecule has 0 atom stereocenters. The minimum Gasteiger partial charge on any atom is -0.493 e. The lowest BCUT2D eigenvalue weighted by Crippen LogP contribution is -2.25. The third-order valence-electron chi connectivity index (χ3n) is 3.45. The van der Waals surface area contributed by atoms with E-state index in [1.54, 1.807) is 32.7 Å². The van der Waals surface area contributed by atoms with Gasteiger partial charge in [-0.05, 0) is 13.5 Å². The number of hydrogen-bond donors (Lipinski definition) is 0. The van der Waals surface area contributed by atoms with Gasteiger partial charge in [-0.1, -0.05) is 0 Å². The van der Waals surface area contributed by atoms with Crippen molar-refractivity contribution in [2.24, 2.45) is 4.99 Å². The van der Waals surface area contributed by atoms with E-state index in [1.165, 1.54) is 0 Å². The van der Waals surface area contributed by atoms with Crippen molar-refractivity contribution in [3.8, 4) is 17.6 Å². The number of hydrogen-bond acceptors (Lipinski definition) is 6. The van der Waals surface area contributed by atoms with Gasteiger partial charge in [0.05, 0.1) is 37.9 Å². The van der Waals surface area contributed by atoms with Crippen LogP contribution < -0.4 is 9.47 Å². The minimum absolute atomic E-state index is 0.446. The summed E-state index contributed by atoms with van der Waals surface area (Å²) >= 11 is 0. The molecule has 0 aliphatic carbocycles. The fourth-order valence-corrected chi connectivity index (χ4v) is 2.07. The number of nitriles is 1. The lowest BCUT2D eigenvalue weighted by molar-refractivity contribution is 0.156. The van der Waals surface area contributed by atoms with Gasteiger partial charge in [-0.25, -0.2) is 4.99 Å². The Kier molecular flexibility index (Phi) is 9.37. The molecule has 0 fully saturated rings. The number of methoxy groups -OCH3 is 2. The van der Waals surface area contributed by atoms with Gasteiger partial charge in [-0.15, -0.1) is 0 Å². The van der Waals surface area contributed by atoms with Crippen LogP contribution >= 0.6 is 0 Å². The molecule has 0 bridgehead atoms. The summed E-state index contributed by atoms with van der Waals surface area (Å²) in [6.07, 6.45) is 2.52. The first-order chi connectivity index (χ1) is 12.0. The molecule has 0 radical (unpaired) electrons. The van der Waals surface area contributed by atoms with Crippen LogP contribution in [0.1, 0.15) is 12.0 Å². The van der Waals surface area contributed by atoms with Crippen molar-refractivity contribution in [2.75, 3.05) is 61.7 Å². The second kappa shape index (κ2) is 11.3. The Hall–Kier alpha value is -2.30. The first kappa shape index (κ1) is 20.7. The molecule has 7 heteroatoms. The molecule has 0 aliphatic heterocycles. The predicted molar refractivity (Wildman–Crippen MR) is 99.0 cm³/mol. The summed E-state index contributed by atoms with van der Waals surface area (Å²) < 4.78 is 16.2. The van der Waals surface area contributed by atoms with Gasteiger partial charge in [0, 0.05) is 46.4 Å². The van der Waals surface area contributed by atoms with Crippen molar-refractivity contribution in [1.82, 2.24) is 9.80 Å². The number of aliphatic imine (C=N–C) groups is 1. The first-order valence-corrected chi connectivity index (χ1v) is 8.14. The van der Waals surface area contributed by atoms with Crippen LogP contribution in [0.5, 0.6) is 11.5 Å².